The van der Waals surface area contributed by atoms with E-state index in [2.05, 4.69) is 29.2 Å². The molecule has 0 aliphatic heterocycles. The van der Waals surface area contributed by atoms with Crippen LogP contribution in [-0.4, -0.2) is 16.1 Å². The normalized spacial score (nSPS) is 10.7. The predicted octanol–water partition coefficient (Wildman–Crippen LogP) is 5.30. The fraction of sp³-hybridized carbons (Fsp3) is 0.105. The maximum atomic E-state index is 11.5. The molecule has 3 aromatic rings. The third-order valence-electron chi connectivity index (χ3n) is 3.48. The van der Waals surface area contributed by atoms with Crippen molar-refractivity contribution in [2.75, 3.05) is 0 Å². The van der Waals surface area contributed by atoms with Gasteiger partial charge in [-0.05, 0) is 11.1 Å². The molecule has 5 heteroatoms. The number of hydrogen-bond acceptors (Lipinski definition) is 3. The Balaban J connectivity index is 1.75. The molecule has 24 heavy (non-hydrogen) atoms. The molecular formula is C19H17NO2S2. The summed E-state index contributed by atoms with van der Waals surface area (Å²) in [7, 11) is 0. The average Bonchev–Trinajstić information content (AvgIpc) is 3.03. The SMILES string of the molecule is O=C(O)c1c[nH]c(SCc2ccccc2)c1SCc1ccccc1. The Morgan fingerprint density at radius 1 is 0.875 bits per heavy atom. The molecule has 1 heterocycles. The fourth-order valence-corrected chi connectivity index (χ4v) is 4.50. The van der Waals surface area contributed by atoms with Gasteiger partial charge in [0.25, 0.3) is 0 Å². The van der Waals surface area contributed by atoms with Crippen molar-refractivity contribution >= 4 is 29.5 Å². The van der Waals surface area contributed by atoms with Crippen LogP contribution in [0.4, 0.5) is 0 Å². The van der Waals surface area contributed by atoms with E-state index < -0.39 is 5.97 Å². The number of aromatic carboxylic acids is 1. The number of H-pyrrole nitrogens is 1. The second kappa shape index (κ2) is 8.13. The minimum absolute atomic E-state index is 0.339. The zero-order chi connectivity index (χ0) is 16.8. The van der Waals surface area contributed by atoms with Gasteiger partial charge in [-0.1, -0.05) is 60.7 Å². The molecule has 0 spiro atoms. The zero-order valence-corrected chi connectivity index (χ0v) is 14.6. The summed E-state index contributed by atoms with van der Waals surface area (Å²) in [6.45, 7) is 0. The standard InChI is InChI=1S/C19H17NO2S2/c21-19(22)16-11-20-18(24-13-15-9-5-2-6-10-15)17(16)23-12-14-7-3-1-4-8-14/h1-11,20H,12-13H2,(H,21,22). The van der Waals surface area contributed by atoms with Crippen LogP contribution < -0.4 is 0 Å². The first-order valence-corrected chi connectivity index (χ1v) is 9.49. The number of carboxylic acid groups (broad SMARTS) is 1. The van der Waals surface area contributed by atoms with Crippen molar-refractivity contribution in [1.29, 1.82) is 0 Å². The summed E-state index contributed by atoms with van der Waals surface area (Å²) >= 11 is 3.20. The molecule has 2 N–H and O–H groups in total. The minimum Gasteiger partial charge on any atom is -0.478 e. The molecule has 122 valence electrons. The van der Waals surface area contributed by atoms with Gasteiger partial charge in [-0.2, -0.15) is 0 Å². The molecule has 0 saturated carbocycles. The van der Waals surface area contributed by atoms with Crippen LogP contribution in [0.5, 0.6) is 0 Å². The molecule has 0 fully saturated rings. The van der Waals surface area contributed by atoms with Gasteiger partial charge in [0.15, 0.2) is 0 Å². The van der Waals surface area contributed by atoms with Gasteiger partial charge < -0.3 is 10.1 Å². The average molecular weight is 355 g/mol. The van der Waals surface area contributed by atoms with Gasteiger partial charge >= 0.3 is 5.97 Å². The lowest BCUT2D eigenvalue weighted by atomic mass is 10.2. The number of carboxylic acids is 1. The van der Waals surface area contributed by atoms with Crippen LogP contribution >= 0.6 is 23.5 Å². The van der Waals surface area contributed by atoms with Crippen LogP contribution in [0.1, 0.15) is 21.5 Å². The second-order valence-corrected chi connectivity index (χ2v) is 7.19. The monoisotopic (exact) mass is 355 g/mol. The summed E-state index contributed by atoms with van der Waals surface area (Å²) in [6, 6.07) is 20.2. The van der Waals surface area contributed by atoms with E-state index in [1.807, 2.05) is 36.4 Å². The van der Waals surface area contributed by atoms with E-state index in [-0.39, 0.29) is 0 Å². The van der Waals surface area contributed by atoms with E-state index >= 15 is 0 Å². The van der Waals surface area contributed by atoms with Crippen molar-refractivity contribution in [3.63, 3.8) is 0 Å². The number of aromatic amines is 1. The minimum atomic E-state index is -0.895. The third-order valence-corrected chi connectivity index (χ3v) is 5.89. The van der Waals surface area contributed by atoms with Crippen molar-refractivity contribution in [2.24, 2.45) is 0 Å². The Bertz CT molecular complexity index is 801. The van der Waals surface area contributed by atoms with Crippen LogP contribution in [0.25, 0.3) is 0 Å². The molecule has 1 aromatic heterocycles. The van der Waals surface area contributed by atoms with Crippen LogP contribution in [0.15, 0.2) is 76.8 Å². The Hall–Kier alpha value is -2.11. The van der Waals surface area contributed by atoms with Gasteiger partial charge in [-0.25, -0.2) is 4.79 Å². The molecule has 0 aliphatic carbocycles. The highest BCUT2D eigenvalue weighted by Gasteiger charge is 2.17. The van der Waals surface area contributed by atoms with E-state index in [0.29, 0.717) is 5.56 Å². The molecule has 0 saturated heterocycles. The van der Waals surface area contributed by atoms with E-state index in [1.54, 1.807) is 29.7 Å². The molecule has 0 unspecified atom stereocenters. The molecule has 3 rings (SSSR count). The molecule has 0 amide bonds. The van der Waals surface area contributed by atoms with E-state index in [4.69, 9.17) is 0 Å². The van der Waals surface area contributed by atoms with Crippen LogP contribution in [0, 0.1) is 0 Å². The molecule has 2 aromatic carbocycles. The molecular weight excluding hydrogens is 338 g/mol. The van der Waals surface area contributed by atoms with E-state index in [9.17, 15) is 9.90 Å². The number of aromatic nitrogens is 1. The van der Waals surface area contributed by atoms with Crippen LogP contribution in [0.2, 0.25) is 0 Å². The lowest BCUT2D eigenvalue weighted by Crippen LogP contribution is -1.96. The number of carbonyl (C=O) groups is 1. The maximum Gasteiger partial charge on any atom is 0.338 e. The summed E-state index contributed by atoms with van der Waals surface area (Å²) < 4.78 is 0. The topological polar surface area (TPSA) is 53.1 Å². The predicted molar refractivity (Wildman–Crippen MR) is 99.8 cm³/mol. The highest BCUT2D eigenvalue weighted by molar-refractivity contribution is 8.01. The second-order valence-electron chi connectivity index (χ2n) is 5.21. The lowest BCUT2D eigenvalue weighted by Gasteiger charge is -2.06. The Labute approximate surface area is 149 Å². The molecule has 0 radical (unpaired) electrons. The Morgan fingerprint density at radius 2 is 1.42 bits per heavy atom. The first-order valence-electron chi connectivity index (χ1n) is 7.52. The van der Waals surface area contributed by atoms with Gasteiger partial charge in [0.1, 0.15) is 0 Å². The fourth-order valence-electron chi connectivity index (χ4n) is 2.26. The van der Waals surface area contributed by atoms with Crippen LogP contribution in [0.3, 0.4) is 0 Å². The number of hydrogen-bond donors (Lipinski definition) is 2. The van der Waals surface area contributed by atoms with Crippen molar-refractivity contribution in [1.82, 2.24) is 4.98 Å². The number of rotatable bonds is 7. The first kappa shape index (κ1) is 16.7. The largest absolute Gasteiger partial charge is 0.478 e. The third kappa shape index (κ3) is 4.24. The highest BCUT2D eigenvalue weighted by Crippen LogP contribution is 2.36. The Kier molecular flexibility index (Phi) is 5.67. The molecule has 0 bridgehead atoms. The van der Waals surface area contributed by atoms with Crippen molar-refractivity contribution in [3.8, 4) is 0 Å². The summed E-state index contributed by atoms with van der Waals surface area (Å²) in [5.41, 5.74) is 2.73. The summed E-state index contributed by atoms with van der Waals surface area (Å²) in [5, 5.41) is 10.3. The van der Waals surface area contributed by atoms with Gasteiger partial charge in [-0.3, -0.25) is 0 Å². The zero-order valence-electron chi connectivity index (χ0n) is 12.9. The summed E-state index contributed by atoms with van der Waals surface area (Å²) in [5.74, 6) is 0.658. The first-order chi connectivity index (χ1) is 11.7. The lowest BCUT2D eigenvalue weighted by molar-refractivity contribution is 0.0693. The molecule has 0 aliphatic rings. The van der Waals surface area contributed by atoms with E-state index in [1.165, 1.54) is 11.1 Å². The summed E-state index contributed by atoms with van der Waals surface area (Å²) in [4.78, 5) is 15.4. The van der Waals surface area contributed by atoms with Crippen molar-refractivity contribution in [3.05, 3.63) is 83.6 Å². The van der Waals surface area contributed by atoms with Gasteiger partial charge in [-0.15, -0.1) is 23.5 Å². The quantitative estimate of drug-likeness (QED) is 0.565. The summed E-state index contributed by atoms with van der Waals surface area (Å²) in [6.07, 6.45) is 1.59. The van der Waals surface area contributed by atoms with Crippen molar-refractivity contribution < 1.29 is 9.90 Å². The highest BCUT2D eigenvalue weighted by atomic mass is 32.2. The van der Waals surface area contributed by atoms with Gasteiger partial charge in [0.05, 0.1) is 15.5 Å². The molecule has 0 atom stereocenters. The van der Waals surface area contributed by atoms with Gasteiger partial charge in [0.2, 0.25) is 0 Å². The number of nitrogens with one attached hydrogen (secondary N) is 1. The molecule has 3 nitrogen and oxygen atoms in total. The van der Waals surface area contributed by atoms with Crippen molar-refractivity contribution in [2.45, 2.75) is 21.4 Å². The Morgan fingerprint density at radius 3 is 1.96 bits per heavy atom. The number of benzene rings is 2. The van der Waals surface area contributed by atoms with E-state index in [0.717, 1.165) is 21.4 Å². The smallest absolute Gasteiger partial charge is 0.338 e. The maximum absolute atomic E-state index is 11.5. The van der Waals surface area contributed by atoms with Crippen LogP contribution in [-0.2, 0) is 11.5 Å². The van der Waals surface area contributed by atoms with Gasteiger partial charge in [0, 0.05) is 17.7 Å². The number of thioether (sulfide) groups is 2.